The van der Waals surface area contributed by atoms with Gasteiger partial charge in [-0.15, -0.1) is 0 Å². The minimum absolute atomic E-state index is 0.0656. The first-order valence-corrected chi connectivity index (χ1v) is 9.02. The van der Waals surface area contributed by atoms with E-state index < -0.39 is 36.4 Å². The maximum absolute atomic E-state index is 12.5. The van der Waals surface area contributed by atoms with Crippen molar-refractivity contribution in [1.29, 1.82) is 0 Å². The van der Waals surface area contributed by atoms with Crippen molar-refractivity contribution in [2.45, 2.75) is 82.9 Å². The summed E-state index contributed by atoms with van der Waals surface area (Å²) in [6.07, 6.45) is -0.556. The monoisotopic (exact) mass is 347 g/mol. The van der Waals surface area contributed by atoms with E-state index in [4.69, 9.17) is 9.84 Å². The number of amides is 1. The van der Waals surface area contributed by atoms with E-state index in [0.29, 0.717) is 19.4 Å². The molecule has 1 amide bonds. The summed E-state index contributed by atoms with van der Waals surface area (Å²) < 4.78 is 5.60. The zero-order chi connectivity index (χ0) is 18.1. The molecule has 7 nitrogen and oxygen atoms in total. The highest BCUT2D eigenvalue weighted by molar-refractivity contribution is 5.79. The number of ether oxygens (including phenoxy) is 1. The molecule has 0 radical (unpaired) electrons. The van der Waals surface area contributed by atoms with E-state index in [1.54, 1.807) is 6.92 Å². The molecule has 5 N–H and O–H groups in total. The minimum Gasteiger partial charge on any atom is -0.396 e. The van der Waals surface area contributed by atoms with E-state index >= 15 is 0 Å². The van der Waals surface area contributed by atoms with Gasteiger partial charge in [-0.1, -0.05) is 26.2 Å². The third-order valence-corrected chi connectivity index (χ3v) is 4.63. The van der Waals surface area contributed by atoms with Crippen LogP contribution in [-0.4, -0.2) is 70.0 Å². The molecule has 1 saturated heterocycles. The highest BCUT2D eigenvalue weighted by atomic mass is 16.5. The SMILES string of the molecule is CCCCCCNC(=O)C(CCCO)C1O[C@@H](C)[C@H](O)[C@@H](O)[C@H]1O. The van der Waals surface area contributed by atoms with Gasteiger partial charge < -0.3 is 30.5 Å². The number of unbranched alkanes of at least 4 members (excludes halogenated alkanes) is 3. The number of hydrogen-bond acceptors (Lipinski definition) is 6. The van der Waals surface area contributed by atoms with Crippen LogP contribution in [0.4, 0.5) is 0 Å². The summed E-state index contributed by atoms with van der Waals surface area (Å²) in [7, 11) is 0. The van der Waals surface area contributed by atoms with Crippen LogP contribution in [0, 0.1) is 5.92 Å². The van der Waals surface area contributed by atoms with Gasteiger partial charge in [0.2, 0.25) is 5.91 Å². The van der Waals surface area contributed by atoms with E-state index in [2.05, 4.69) is 12.2 Å². The molecule has 0 aromatic rings. The van der Waals surface area contributed by atoms with Gasteiger partial charge in [-0.25, -0.2) is 0 Å². The van der Waals surface area contributed by atoms with E-state index in [-0.39, 0.29) is 12.5 Å². The third-order valence-electron chi connectivity index (χ3n) is 4.63. The molecule has 142 valence electrons. The lowest BCUT2D eigenvalue weighted by Gasteiger charge is -2.42. The van der Waals surface area contributed by atoms with E-state index in [9.17, 15) is 20.1 Å². The fraction of sp³-hybridized carbons (Fsp3) is 0.941. The summed E-state index contributed by atoms with van der Waals surface area (Å²) >= 11 is 0. The van der Waals surface area contributed by atoms with Crippen LogP contribution >= 0.6 is 0 Å². The molecule has 0 spiro atoms. The van der Waals surface area contributed by atoms with E-state index in [1.165, 1.54) is 0 Å². The predicted octanol–water partition coefficient (Wildman–Crippen LogP) is -0.0584. The van der Waals surface area contributed by atoms with Crippen molar-refractivity contribution in [3.63, 3.8) is 0 Å². The second kappa shape index (κ2) is 11.0. The van der Waals surface area contributed by atoms with Gasteiger partial charge in [0.05, 0.1) is 18.1 Å². The summed E-state index contributed by atoms with van der Waals surface area (Å²) in [5.74, 6) is -0.928. The Hall–Kier alpha value is -0.730. The second-order valence-corrected chi connectivity index (χ2v) is 6.60. The lowest BCUT2D eigenvalue weighted by molar-refractivity contribution is -0.229. The molecular formula is C17H33NO6. The van der Waals surface area contributed by atoms with Crippen molar-refractivity contribution >= 4 is 5.91 Å². The van der Waals surface area contributed by atoms with Gasteiger partial charge in [0.25, 0.3) is 0 Å². The zero-order valence-corrected chi connectivity index (χ0v) is 14.7. The molecule has 1 fully saturated rings. The zero-order valence-electron chi connectivity index (χ0n) is 14.7. The van der Waals surface area contributed by atoms with E-state index in [1.807, 2.05) is 0 Å². The third kappa shape index (κ3) is 5.97. The van der Waals surface area contributed by atoms with Gasteiger partial charge in [0.15, 0.2) is 0 Å². The van der Waals surface area contributed by atoms with Gasteiger partial charge in [-0.05, 0) is 26.2 Å². The van der Waals surface area contributed by atoms with Crippen LogP contribution in [0.25, 0.3) is 0 Å². The summed E-state index contributed by atoms with van der Waals surface area (Å²) in [6, 6.07) is 0. The van der Waals surface area contributed by atoms with Gasteiger partial charge >= 0.3 is 0 Å². The Balaban J connectivity index is 2.67. The smallest absolute Gasteiger partial charge is 0.225 e. The van der Waals surface area contributed by atoms with Crippen molar-refractivity contribution in [2.75, 3.05) is 13.2 Å². The number of aliphatic hydroxyl groups is 4. The van der Waals surface area contributed by atoms with Gasteiger partial charge in [-0.3, -0.25) is 4.79 Å². The highest BCUT2D eigenvalue weighted by Gasteiger charge is 2.46. The van der Waals surface area contributed by atoms with Crippen LogP contribution in [0.5, 0.6) is 0 Å². The Morgan fingerprint density at radius 2 is 1.79 bits per heavy atom. The lowest BCUT2D eigenvalue weighted by atomic mass is 9.85. The van der Waals surface area contributed by atoms with Gasteiger partial charge in [-0.2, -0.15) is 0 Å². The Labute approximate surface area is 144 Å². The van der Waals surface area contributed by atoms with Crippen LogP contribution in [0.15, 0.2) is 0 Å². The molecule has 0 aliphatic carbocycles. The molecule has 0 saturated carbocycles. The van der Waals surface area contributed by atoms with Gasteiger partial charge in [0.1, 0.15) is 18.3 Å². The number of carbonyl (C=O) groups is 1. The number of nitrogens with one attached hydrogen (secondary N) is 1. The number of rotatable bonds is 10. The largest absolute Gasteiger partial charge is 0.396 e. The fourth-order valence-corrected chi connectivity index (χ4v) is 3.07. The van der Waals surface area contributed by atoms with Crippen LogP contribution in [0.1, 0.15) is 52.4 Å². The predicted molar refractivity (Wildman–Crippen MR) is 89.3 cm³/mol. The van der Waals surface area contributed by atoms with Crippen LogP contribution in [0.3, 0.4) is 0 Å². The van der Waals surface area contributed by atoms with Crippen molar-refractivity contribution in [2.24, 2.45) is 5.92 Å². The topological polar surface area (TPSA) is 119 Å². The first kappa shape index (κ1) is 21.3. The lowest BCUT2D eigenvalue weighted by Crippen LogP contribution is -2.60. The number of hydrogen-bond donors (Lipinski definition) is 5. The molecule has 24 heavy (non-hydrogen) atoms. The Morgan fingerprint density at radius 3 is 2.42 bits per heavy atom. The highest BCUT2D eigenvalue weighted by Crippen LogP contribution is 2.28. The molecule has 0 aromatic heterocycles. The van der Waals surface area contributed by atoms with Gasteiger partial charge in [0, 0.05) is 13.2 Å². The quantitative estimate of drug-likeness (QED) is 0.353. The summed E-state index contributed by atoms with van der Waals surface area (Å²) in [6.45, 7) is 4.20. The molecule has 0 aromatic carbocycles. The fourth-order valence-electron chi connectivity index (χ4n) is 3.07. The van der Waals surface area contributed by atoms with Crippen LogP contribution in [-0.2, 0) is 9.53 Å². The molecule has 1 aliphatic rings. The molecule has 2 unspecified atom stereocenters. The van der Waals surface area contributed by atoms with Crippen LogP contribution in [0.2, 0.25) is 0 Å². The molecular weight excluding hydrogens is 314 g/mol. The van der Waals surface area contributed by atoms with Crippen molar-refractivity contribution in [3.8, 4) is 0 Å². The first-order valence-electron chi connectivity index (χ1n) is 9.02. The standard InChI is InChI=1S/C17H33NO6/c1-3-4-5-6-9-18-17(23)12(8-7-10-19)16-15(22)14(21)13(20)11(2)24-16/h11-16,19-22H,3-10H2,1-2H3,(H,18,23)/t11-,12?,13-,14+,15+,16?/m0/s1. The van der Waals surface area contributed by atoms with E-state index in [0.717, 1.165) is 25.7 Å². The number of carbonyl (C=O) groups excluding carboxylic acids is 1. The average Bonchev–Trinajstić information content (AvgIpc) is 2.57. The summed E-state index contributed by atoms with van der Waals surface area (Å²) in [4.78, 5) is 12.5. The normalized spacial score (nSPS) is 31.7. The Bertz CT molecular complexity index is 367. The first-order chi connectivity index (χ1) is 11.4. The molecule has 1 heterocycles. The molecule has 7 heteroatoms. The minimum atomic E-state index is -1.35. The Morgan fingerprint density at radius 1 is 1.08 bits per heavy atom. The molecule has 6 atom stereocenters. The number of aliphatic hydroxyl groups excluding tert-OH is 4. The molecule has 0 bridgehead atoms. The summed E-state index contributed by atoms with van der Waals surface area (Å²) in [5, 5.41) is 41.9. The summed E-state index contributed by atoms with van der Waals surface area (Å²) in [5.41, 5.74) is 0. The maximum atomic E-state index is 12.5. The molecule has 1 aliphatic heterocycles. The van der Waals surface area contributed by atoms with Crippen molar-refractivity contribution in [1.82, 2.24) is 5.32 Å². The second-order valence-electron chi connectivity index (χ2n) is 6.60. The average molecular weight is 347 g/mol. The Kier molecular flexibility index (Phi) is 9.76. The van der Waals surface area contributed by atoms with Crippen molar-refractivity contribution < 1.29 is 30.0 Å². The van der Waals surface area contributed by atoms with Crippen molar-refractivity contribution in [3.05, 3.63) is 0 Å². The molecule has 1 rings (SSSR count). The maximum Gasteiger partial charge on any atom is 0.225 e. The van der Waals surface area contributed by atoms with Crippen LogP contribution < -0.4 is 5.32 Å².